The van der Waals surface area contributed by atoms with E-state index < -0.39 is 45.9 Å². The van der Waals surface area contributed by atoms with Crippen molar-refractivity contribution < 1.29 is 39.5 Å². The average molecular weight is 354 g/mol. The summed E-state index contributed by atoms with van der Waals surface area (Å²) in [7, 11) is 0. The normalized spacial score (nSPS) is 14.2. The molecule has 0 unspecified atom stereocenters. The van der Waals surface area contributed by atoms with Crippen LogP contribution in [-0.2, 0) is 0 Å². The van der Waals surface area contributed by atoms with Gasteiger partial charge in [-0.15, -0.1) is 0 Å². The summed E-state index contributed by atoms with van der Waals surface area (Å²) in [6.45, 7) is 0. The molecule has 0 amide bonds. The topological polar surface area (TPSA) is 148 Å². The number of aromatic hydroxyl groups is 4. The van der Waals surface area contributed by atoms with Gasteiger partial charge >= 0.3 is 0 Å². The van der Waals surface area contributed by atoms with Gasteiger partial charge in [-0.1, -0.05) is 6.07 Å². The van der Waals surface area contributed by atoms with Crippen LogP contribution in [0.2, 0.25) is 0 Å². The fraction of sp³-hybridized carbons (Fsp3) is 0. The third-order valence-corrected chi connectivity index (χ3v) is 4.16. The maximum atomic E-state index is 12.8. The highest BCUT2D eigenvalue weighted by Gasteiger charge is 2.38. The number of Topliss-reactive ketones (excluding diaryl/α,β-unsaturated/α-hetero) is 2. The number of aliphatic hydroxyl groups is 1. The van der Waals surface area contributed by atoms with E-state index in [1.54, 1.807) is 0 Å². The van der Waals surface area contributed by atoms with Crippen LogP contribution in [0.1, 0.15) is 26.5 Å². The van der Waals surface area contributed by atoms with Gasteiger partial charge in [0.2, 0.25) is 11.6 Å². The fourth-order valence-corrected chi connectivity index (χ4v) is 2.91. The van der Waals surface area contributed by atoms with Crippen molar-refractivity contribution in [2.45, 2.75) is 0 Å². The first-order valence-electron chi connectivity index (χ1n) is 7.33. The standard InChI is InChI=1S/C18H10O8/c19-8-2-1-6(3-9(8)20)13-15(23)16(24)14-7-4-10(21)11(22)5-12(7)26-18(14)17(13)25/h1-5,19-23H. The highest BCUT2D eigenvalue weighted by atomic mass is 16.4. The van der Waals surface area contributed by atoms with Gasteiger partial charge in [0.15, 0.2) is 34.5 Å². The Morgan fingerprint density at radius 1 is 0.731 bits per heavy atom. The highest BCUT2D eigenvalue weighted by Crippen LogP contribution is 2.41. The quantitative estimate of drug-likeness (QED) is 0.419. The van der Waals surface area contributed by atoms with Crippen molar-refractivity contribution in [1.82, 2.24) is 0 Å². The Balaban J connectivity index is 1.98. The van der Waals surface area contributed by atoms with Gasteiger partial charge in [-0.05, 0) is 23.8 Å². The van der Waals surface area contributed by atoms with E-state index in [-0.39, 0.29) is 27.9 Å². The van der Waals surface area contributed by atoms with Crippen molar-refractivity contribution in [3.05, 3.63) is 53.0 Å². The molecule has 1 aliphatic rings. The molecule has 0 bridgehead atoms. The first-order chi connectivity index (χ1) is 12.3. The first-order valence-corrected chi connectivity index (χ1v) is 7.33. The summed E-state index contributed by atoms with van der Waals surface area (Å²) in [4.78, 5) is 25.4. The molecule has 0 atom stereocenters. The molecule has 130 valence electrons. The molecule has 1 heterocycles. The van der Waals surface area contributed by atoms with Crippen LogP contribution in [-0.4, -0.2) is 37.1 Å². The number of furan rings is 1. The number of phenols is 4. The Bertz CT molecular complexity index is 1170. The van der Waals surface area contributed by atoms with Gasteiger partial charge in [0, 0.05) is 11.5 Å². The minimum atomic E-state index is -0.911. The molecule has 5 N–H and O–H groups in total. The van der Waals surface area contributed by atoms with E-state index in [0.29, 0.717) is 0 Å². The summed E-state index contributed by atoms with van der Waals surface area (Å²) in [6, 6.07) is 5.48. The van der Waals surface area contributed by atoms with E-state index in [9.17, 15) is 35.1 Å². The van der Waals surface area contributed by atoms with Gasteiger partial charge < -0.3 is 29.9 Å². The molecule has 0 fully saturated rings. The zero-order valence-corrected chi connectivity index (χ0v) is 12.8. The fourth-order valence-electron chi connectivity index (χ4n) is 2.91. The second-order valence-corrected chi connectivity index (χ2v) is 5.73. The summed E-state index contributed by atoms with van der Waals surface area (Å²) in [5.74, 6) is -4.93. The van der Waals surface area contributed by atoms with Crippen LogP contribution < -0.4 is 0 Å². The lowest BCUT2D eigenvalue weighted by molar-refractivity contribution is 0.0937. The summed E-state index contributed by atoms with van der Waals surface area (Å²) < 4.78 is 5.36. The van der Waals surface area contributed by atoms with Crippen LogP contribution in [0, 0.1) is 0 Å². The van der Waals surface area contributed by atoms with Crippen molar-refractivity contribution in [2.24, 2.45) is 0 Å². The second kappa shape index (κ2) is 5.03. The number of carbonyl (C=O) groups is 2. The molecule has 1 aliphatic carbocycles. The third-order valence-electron chi connectivity index (χ3n) is 4.16. The van der Waals surface area contributed by atoms with Gasteiger partial charge in [0.05, 0.1) is 11.1 Å². The number of ketones is 2. The number of rotatable bonds is 1. The van der Waals surface area contributed by atoms with Gasteiger partial charge in [0.1, 0.15) is 5.58 Å². The largest absolute Gasteiger partial charge is 0.504 e. The molecule has 4 rings (SSSR count). The van der Waals surface area contributed by atoms with Gasteiger partial charge in [-0.2, -0.15) is 0 Å². The Labute approximate surface area is 144 Å². The monoisotopic (exact) mass is 354 g/mol. The predicted octanol–water partition coefficient (Wildman–Crippen LogP) is 2.60. The van der Waals surface area contributed by atoms with Gasteiger partial charge in [-0.25, -0.2) is 0 Å². The van der Waals surface area contributed by atoms with E-state index in [0.717, 1.165) is 24.3 Å². The van der Waals surface area contributed by atoms with Crippen molar-refractivity contribution in [3.8, 4) is 23.0 Å². The predicted molar refractivity (Wildman–Crippen MR) is 87.5 cm³/mol. The lowest BCUT2D eigenvalue weighted by Crippen LogP contribution is -2.20. The van der Waals surface area contributed by atoms with Crippen LogP contribution in [0.4, 0.5) is 0 Å². The smallest absolute Gasteiger partial charge is 0.233 e. The molecule has 3 aromatic rings. The zero-order chi connectivity index (χ0) is 18.7. The molecular formula is C18H10O8. The number of hydrogen-bond donors (Lipinski definition) is 5. The van der Waals surface area contributed by atoms with Crippen molar-refractivity contribution >= 4 is 28.1 Å². The molecule has 26 heavy (non-hydrogen) atoms. The molecule has 1 aromatic heterocycles. The van der Waals surface area contributed by atoms with Crippen LogP contribution in [0.3, 0.4) is 0 Å². The van der Waals surface area contributed by atoms with E-state index in [1.807, 2.05) is 0 Å². The number of aliphatic hydroxyl groups excluding tert-OH is 1. The third kappa shape index (κ3) is 1.95. The van der Waals surface area contributed by atoms with Crippen molar-refractivity contribution in [3.63, 3.8) is 0 Å². The molecule has 0 radical (unpaired) electrons. The SMILES string of the molecule is O=C1C(c2ccc(O)c(O)c2)=C(O)C(=O)c2c1oc1cc(O)c(O)cc21. The number of hydrogen-bond acceptors (Lipinski definition) is 8. The van der Waals surface area contributed by atoms with Crippen LogP contribution in [0.25, 0.3) is 16.5 Å². The van der Waals surface area contributed by atoms with Crippen LogP contribution >= 0.6 is 0 Å². The molecule has 8 heteroatoms. The molecule has 0 aliphatic heterocycles. The molecular weight excluding hydrogens is 344 g/mol. The van der Waals surface area contributed by atoms with E-state index in [1.165, 1.54) is 6.07 Å². The maximum absolute atomic E-state index is 12.8. The highest BCUT2D eigenvalue weighted by molar-refractivity contribution is 6.41. The summed E-state index contributed by atoms with van der Waals surface area (Å²) in [5, 5.41) is 48.5. The van der Waals surface area contributed by atoms with Crippen LogP contribution in [0.5, 0.6) is 23.0 Å². The maximum Gasteiger partial charge on any atom is 0.233 e. The summed E-state index contributed by atoms with van der Waals surface area (Å²) >= 11 is 0. The zero-order valence-electron chi connectivity index (χ0n) is 12.8. The number of fused-ring (bicyclic) bond motifs is 3. The van der Waals surface area contributed by atoms with E-state index in [4.69, 9.17) is 4.42 Å². The molecule has 0 saturated carbocycles. The van der Waals surface area contributed by atoms with E-state index >= 15 is 0 Å². The molecule has 8 nitrogen and oxygen atoms in total. The Hall–Kier alpha value is -3.94. The lowest BCUT2D eigenvalue weighted by Gasteiger charge is -2.14. The molecule has 0 spiro atoms. The van der Waals surface area contributed by atoms with Crippen molar-refractivity contribution in [1.29, 1.82) is 0 Å². The van der Waals surface area contributed by atoms with Gasteiger partial charge in [0.25, 0.3) is 0 Å². The number of carbonyl (C=O) groups excluding carboxylic acids is 2. The molecule has 0 saturated heterocycles. The Morgan fingerprint density at radius 3 is 2.08 bits per heavy atom. The minimum Gasteiger partial charge on any atom is -0.504 e. The average Bonchev–Trinajstić information content (AvgIpc) is 2.95. The number of allylic oxidation sites excluding steroid dienone is 2. The summed E-state index contributed by atoms with van der Waals surface area (Å²) in [5.41, 5.74) is -0.641. The Kier molecular flexibility index (Phi) is 3.01. The van der Waals surface area contributed by atoms with E-state index in [2.05, 4.69) is 0 Å². The minimum absolute atomic E-state index is 0.00736. The number of benzene rings is 2. The first kappa shape index (κ1) is 15.6. The van der Waals surface area contributed by atoms with Crippen molar-refractivity contribution in [2.75, 3.05) is 0 Å². The van der Waals surface area contributed by atoms with Gasteiger partial charge in [-0.3, -0.25) is 9.59 Å². The van der Waals surface area contributed by atoms with Crippen LogP contribution in [0.15, 0.2) is 40.5 Å². The summed E-state index contributed by atoms with van der Waals surface area (Å²) in [6.07, 6.45) is 0. The molecule has 2 aromatic carbocycles. The Morgan fingerprint density at radius 2 is 1.38 bits per heavy atom. The second-order valence-electron chi connectivity index (χ2n) is 5.73. The lowest BCUT2D eigenvalue weighted by atomic mass is 9.88. The number of phenolic OH excluding ortho intramolecular Hbond substituents is 4.